The van der Waals surface area contributed by atoms with Crippen molar-refractivity contribution in [3.63, 3.8) is 0 Å². The van der Waals surface area contributed by atoms with Crippen LogP contribution in [0.2, 0.25) is 0 Å². The van der Waals surface area contributed by atoms with E-state index in [0.29, 0.717) is 11.4 Å². The third kappa shape index (κ3) is 4.25. The van der Waals surface area contributed by atoms with Crippen molar-refractivity contribution in [1.82, 2.24) is 10.3 Å². The van der Waals surface area contributed by atoms with Crippen LogP contribution in [-0.4, -0.2) is 16.0 Å². The normalized spacial score (nSPS) is 9.74. The van der Waals surface area contributed by atoms with Crippen LogP contribution in [0.25, 0.3) is 0 Å². The lowest BCUT2D eigenvalue weighted by Crippen LogP contribution is -2.34. The minimum absolute atomic E-state index is 0.225. The van der Waals surface area contributed by atoms with E-state index in [2.05, 4.69) is 38.2 Å². The standard InChI is InChI=1S/C13H10IN3OS/c14-10-5-3-4-9(8-10)12(18)17-13(19)16-11-6-1-2-7-15-11/h1-8H,(H2,15,16,17,18,19). The van der Waals surface area contributed by atoms with E-state index in [0.717, 1.165) is 3.57 Å². The maximum absolute atomic E-state index is 11.9. The predicted molar refractivity (Wildman–Crippen MR) is 87.1 cm³/mol. The molecule has 0 unspecified atom stereocenters. The first-order valence-corrected chi connectivity index (χ1v) is 6.93. The Morgan fingerprint density at radius 1 is 1.21 bits per heavy atom. The Balaban J connectivity index is 1.98. The Bertz CT molecular complexity index is 604. The van der Waals surface area contributed by atoms with Gasteiger partial charge in [-0.3, -0.25) is 10.1 Å². The largest absolute Gasteiger partial charge is 0.317 e. The van der Waals surface area contributed by atoms with Crippen molar-refractivity contribution in [1.29, 1.82) is 0 Å². The SMILES string of the molecule is O=C(NC(=S)Nc1ccccn1)c1cccc(I)c1. The number of aromatic nitrogens is 1. The number of rotatable bonds is 2. The van der Waals surface area contributed by atoms with Crippen LogP contribution in [0.1, 0.15) is 10.4 Å². The summed E-state index contributed by atoms with van der Waals surface area (Å²) >= 11 is 7.21. The fourth-order valence-corrected chi connectivity index (χ4v) is 2.13. The van der Waals surface area contributed by atoms with Gasteiger partial charge in [0.2, 0.25) is 0 Å². The van der Waals surface area contributed by atoms with Gasteiger partial charge in [-0.05, 0) is 65.1 Å². The predicted octanol–water partition coefficient (Wildman–Crippen LogP) is 2.81. The summed E-state index contributed by atoms with van der Waals surface area (Å²) in [5, 5.41) is 5.68. The number of hydrogen-bond donors (Lipinski definition) is 2. The van der Waals surface area contributed by atoms with Gasteiger partial charge < -0.3 is 5.32 Å². The topological polar surface area (TPSA) is 54.0 Å². The van der Waals surface area contributed by atoms with Crippen LogP contribution in [0.5, 0.6) is 0 Å². The smallest absolute Gasteiger partial charge is 0.257 e. The minimum Gasteiger partial charge on any atom is -0.317 e. The van der Waals surface area contributed by atoms with E-state index >= 15 is 0 Å². The maximum atomic E-state index is 11.9. The number of benzene rings is 1. The number of halogens is 1. The molecule has 19 heavy (non-hydrogen) atoms. The number of amides is 1. The van der Waals surface area contributed by atoms with Crippen molar-refractivity contribution in [2.24, 2.45) is 0 Å². The Morgan fingerprint density at radius 3 is 2.74 bits per heavy atom. The van der Waals surface area contributed by atoms with Gasteiger partial charge in [-0.15, -0.1) is 0 Å². The lowest BCUT2D eigenvalue weighted by molar-refractivity contribution is 0.0977. The summed E-state index contributed by atoms with van der Waals surface area (Å²) in [7, 11) is 0. The highest BCUT2D eigenvalue weighted by Crippen LogP contribution is 2.07. The lowest BCUT2D eigenvalue weighted by Gasteiger charge is -2.08. The Hall–Kier alpha value is -1.54. The summed E-state index contributed by atoms with van der Waals surface area (Å²) < 4.78 is 0.994. The van der Waals surface area contributed by atoms with E-state index in [-0.39, 0.29) is 11.0 Å². The first-order valence-electron chi connectivity index (χ1n) is 5.44. The van der Waals surface area contributed by atoms with Gasteiger partial charge in [-0.1, -0.05) is 12.1 Å². The van der Waals surface area contributed by atoms with Gasteiger partial charge in [0, 0.05) is 15.3 Å². The molecule has 2 N–H and O–H groups in total. The van der Waals surface area contributed by atoms with E-state index in [1.165, 1.54) is 0 Å². The molecule has 0 bridgehead atoms. The summed E-state index contributed by atoms with van der Waals surface area (Å²) in [4.78, 5) is 16.0. The molecule has 96 valence electrons. The fourth-order valence-electron chi connectivity index (χ4n) is 1.39. The van der Waals surface area contributed by atoms with Crippen molar-refractivity contribution < 1.29 is 4.79 Å². The molecule has 6 heteroatoms. The summed E-state index contributed by atoms with van der Waals surface area (Å²) in [6.07, 6.45) is 1.65. The average molecular weight is 383 g/mol. The highest BCUT2D eigenvalue weighted by Gasteiger charge is 2.08. The average Bonchev–Trinajstić information content (AvgIpc) is 2.39. The van der Waals surface area contributed by atoms with Crippen molar-refractivity contribution in [3.8, 4) is 0 Å². The highest BCUT2D eigenvalue weighted by molar-refractivity contribution is 14.1. The van der Waals surface area contributed by atoms with E-state index in [1.54, 1.807) is 30.5 Å². The number of thiocarbonyl (C=S) groups is 1. The van der Waals surface area contributed by atoms with Crippen molar-refractivity contribution in [3.05, 3.63) is 57.8 Å². The molecule has 0 aliphatic rings. The molecule has 0 aliphatic carbocycles. The fraction of sp³-hybridized carbons (Fsp3) is 0. The number of carbonyl (C=O) groups excluding carboxylic acids is 1. The van der Waals surface area contributed by atoms with Crippen molar-refractivity contribution >= 4 is 51.6 Å². The molecule has 0 radical (unpaired) electrons. The Labute approximate surface area is 129 Å². The zero-order valence-electron chi connectivity index (χ0n) is 9.76. The van der Waals surface area contributed by atoms with Crippen LogP contribution in [0, 0.1) is 3.57 Å². The van der Waals surface area contributed by atoms with Crippen LogP contribution in [0.4, 0.5) is 5.82 Å². The molecule has 2 rings (SSSR count). The van der Waals surface area contributed by atoms with Crippen molar-refractivity contribution in [2.75, 3.05) is 5.32 Å². The van der Waals surface area contributed by atoms with Gasteiger partial charge in [0.05, 0.1) is 0 Å². The third-order valence-corrected chi connectivity index (χ3v) is 3.10. The molecule has 4 nitrogen and oxygen atoms in total. The van der Waals surface area contributed by atoms with Gasteiger partial charge >= 0.3 is 0 Å². The highest BCUT2D eigenvalue weighted by atomic mass is 127. The first-order chi connectivity index (χ1) is 9.15. The summed E-state index contributed by atoms with van der Waals surface area (Å²) in [6.45, 7) is 0. The molecule has 0 atom stereocenters. The molecule has 0 fully saturated rings. The van der Waals surface area contributed by atoms with Gasteiger partial charge in [0.1, 0.15) is 5.82 Å². The minimum atomic E-state index is -0.244. The summed E-state index contributed by atoms with van der Waals surface area (Å²) in [5.41, 5.74) is 0.567. The zero-order chi connectivity index (χ0) is 13.7. The van der Waals surface area contributed by atoms with Crippen LogP contribution >= 0.6 is 34.8 Å². The number of nitrogens with zero attached hydrogens (tertiary/aromatic N) is 1. The second kappa shape index (κ2) is 6.58. The quantitative estimate of drug-likeness (QED) is 0.619. The van der Waals surface area contributed by atoms with Gasteiger partial charge in [-0.2, -0.15) is 0 Å². The molecule has 0 saturated carbocycles. The number of hydrogen-bond acceptors (Lipinski definition) is 3. The molecule has 0 aliphatic heterocycles. The van der Waals surface area contributed by atoms with E-state index in [4.69, 9.17) is 12.2 Å². The van der Waals surface area contributed by atoms with Crippen LogP contribution in [-0.2, 0) is 0 Å². The second-order valence-corrected chi connectivity index (χ2v) is 5.29. The number of carbonyl (C=O) groups is 1. The van der Waals surface area contributed by atoms with Gasteiger partial charge in [0.15, 0.2) is 5.11 Å². The van der Waals surface area contributed by atoms with Crippen LogP contribution in [0.3, 0.4) is 0 Å². The number of pyridine rings is 1. The first kappa shape index (κ1) is 13.9. The molecule has 1 aromatic carbocycles. The van der Waals surface area contributed by atoms with E-state index in [9.17, 15) is 4.79 Å². The monoisotopic (exact) mass is 383 g/mol. The van der Waals surface area contributed by atoms with Gasteiger partial charge in [-0.25, -0.2) is 4.98 Å². The molecular weight excluding hydrogens is 373 g/mol. The number of anilines is 1. The Morgan fingerprint density at radius 2 is 2.05 bits per heavy atom. The molecule has 1 amide bonds. The molecule has 0 spiro atoms. The zero-order valence-corrected chi connectivity index (χ0v) is 12.7. The molecule has 1 heterocycles. The molecular formula is C13H10IN3OS. The molecule has 1 aromatic heterocycles. The third-order valence-electron chi connectivity index (χ3n) is 2.22. The van der Waals surface area contributed by atoms with Crippen LogP contribution < -0.4 is 10.6 Å². The summed E-state index contributed by atoms with van der Waals surface area (Å²) in [6, 6.07) is 12.7. The summed E-state index contributed by atoms with van der Waals surface area (Å²) in [5.74, 6) is 0.349. The molecule has 0 saturated heterocycles. The Kier molecular flexibility index (Phi) is 4.80. The van der Waals surface area contributed by atoms with Crippen molar-refractivity contribution in [2.45, 2.75) is 0 Å². The van der Waals surface area contributed by atoms with E-state index < -0.39 is 0 Å². The van der Waals surface area contributed by atoms with Gasteiger partial charge in [0.25, 0.3) is 5.91 Å². The van der Waals surface area contributed by atoms with Crippen LogP contribution in [0.15, 0.2) is 48.7 Å². The second-order valence-electron chi connectivity index (χ2n) is 3.63. The molecule has 2 aromatic rings. The maximum Gasteiger partial charge on any atom is 0.257 e. The van der Waals surface area contributed by atoms with E-state index in [1.807, 2.05) is 18.2 Å². The number of nitrogens with one attached hydrogen (secondary N) is 2. The lowest BCUT2D eigenvalue weighted by atomic mass is 10.2.